The van der Waals surface area contributed by atoms with Gasteiger partial charge < -0.3 is 29.7 Å². The molecule has 344 valence electrons. The van der Waals surface area contributed by atoms with Crippen molar-refractivity contribution in [1.29, 1.82) is 0 Å². The molecule has 17 nitrogen and oxygen atoms in total. The summed E-state index contributed by atoms with van der Waals surface area (Å²) in [4.78, 5) is 68.2. The van der Waals surface area contributed by atoms with E-state index < -0.39 is 42.6 Å². The zero-order valence-corrected chi connectivity index (χ0v) is 39.5. The van der Waals surface area contributed by atoms with Crippen molar-refractivity contribution >= 4 is 86.5 Å². The van der Waals surface area contributed by atoms with Crippen molar-refractivity contribution in [1.82, 2.24) is 34.9 Å². The summed E-state index contributed by atoms with van der Waals surface area (Å²) in [5.74, 6) is -0.711. The molecule has 3 N–H and O–H groups in total. The van der Waals surface area contributed by atoms with Crippen LogP contribution in [-0.2, 0) is 21.2 Å². The lowest BCUT2D eigenvalue weighted by Crippen LogP contribution is -2.54. The molecule has 3 saturated heterocycles. The van der Waals surface area contributed by atoms with E-state index in [0.29, 0.717) is 44.2 Å². The number of nitrogens with one attached hydrogen (secondary N) is 3. The van der Waals surface area contributed by atoms with E-state index in [9.17, 15) is 28.1 Å². The van der Waals surface area contributed by atoms with E-state index >= 15 is 0 Å². The normalized spacial score (nSPS) is 18.5. The number of hydrogen-bond acceptors (Lipinski definition) is 14. The minimum absolute atomic E-state index is 0.0780. The van der Waals surface area contributed by atoms with E-state index in [4.69, 9.17) is 9.72 Å². The third-order valence-corrected chi connectivity index (χ3v) is 14.9. The fourth-order valence-electron chi connectivity index (χ4n) is 9.27. The second-order valence-corrected chi connectivity index (χ2v) is 21.6. The quantitative estimate of drug-likeness (QED) is 0.0982. The van der Waals surface area contributed by atoms with Crippen LogP contribution in [0.15, 0.2) is 71.6 Å². The van der Waals surface area contributed by atoms with E-state index in [-0.39, 0.29) is 24.4 Å². The summed E-state index contributed by atoms with van der Waals surface area (Å²) >= 11 is 3.52. The van der Waals surface area contributed by atoms with Gasteiger partial charge in [-0.2, -0.15) is 10.1 Å². The smallest absolute Gasteiger partial charge is 0.262 e. The van der Waals surface area contributed by atoms with Crippen LogP contribution in [0.1, 0.15) is 46.4 Å². The van der Waals surface area contributed by atoms with Gasteiger partial charge in [0.15, 0.2) is 0 Å². The summed E-state index contributed by atoms with van der Waals surface area (Å²) in [7, 11) is 0.678. The molecule has 0 radical (unpaired) electrons. The summed E-state index contributed by atoms with van der Waals surface area (Å²) in [5, 5.41) is 13.7. The molecule has 0 unspecified atom stereocenters. The number of piperidine rings is 2. The number of carbonyl (C=O) groups is 4. The number of hydrogen-bond donors (Lipinski definition) is 3. The first-order valence-corrected chi connectivity index (χ1v) is 25.2. The standard InChI is InChI=1S/C46H50BrFN11O6P/c1-55-26-28(23-50-55)32-21-36(52-46-49-24-34(47)42(54-46)51-35-8-5-29(48)19-40(35)66(3,4)64)39(65-2)22-38(32)58-13-11-27(12-14-58)25-56-15-17-57(18-16-56)30-6-7-31-33(20-30)45(63)59(44(31)62)37-9-10-41(60)53-43(37)61/h5-8,19-24,26-27,37H,9-18,25H2,1-4H3,(H,53,60,61)(H2,49,51,52,54)/t37-/m1/s1. The Balaban J connectivity index is 0.847. The molecular formula is C46H50BrFN11O6P. The van der Waals surface area contributed by atoms with Gasteiger partial charge in [0.1, 0.15) is 30.6 Å². The second kappa shape index (κ2) is 18.2. The highest BCUT2D eigenvalue weighted by Gasteiger charge is 2.45. The third-order valence-electron chi connectivity index (χ3n) is 12.7. The zero-order valence-electron chi connectivity index (χ0n) is 37.0. The van der Waals surface area contributed by atoms with Gasteiger partial charge in [-0.1, -0.05) is 0 Å². The van der Waals surface area contributed by atoms with Crippen molar-refractivity contribution in [3.8, 4) is 16.9 Å². The first-order valence-electron chi connectivity index (χ1n) is 21.8. The lowest BCUT2D eigenvalue weighted by Gasteiger charge is -2.40. The molecule has 0 aliphatic carbocycles. The van der Waals surface area contributed by atoms with Crippen LogP contribution in [0.25, 0.3) is 11.1 Å². The number of rotatable bonds is 12. The number of nitrogens with zero attached hydrogens (tertiary/aromatic N) is 8. The van der Waals surface area contributed by atoms with E-state index in [1.54, 1.807) is 49.5 Å². The zero-order chi connectivity index (χ0) is 46.4. The molecular weight excluding hydrogens is 932 g/mol. The number of anilines is 6. The molecule has 0 spiro atoms. The topological polar surface area (TPSA) is 187 Å². The molecule has 0 bridgehead atoms. The molecule has 20 heteroatoms. The lowest BCUT2D eigenvalue weighted by molar-refractivity contribution is -0.136. The molecule has 4 amide bonds. The second-order valence-electron chi connectivity index (χ2n) is 17.5. The number of amides is 4. The van der Waals surface area contributed by atoms with Gasteiger partial charge in [0, 0.05) is 106 Å². The summed E-state index contributed by atoms with van der Waals surface area (Å²) < 4.78 is 35.5. The highest BCUT2D eigenvalue weighted by atomic mass is 79.9. The Kier molecular flexibility index (Phi) is 12.4. The number of halogens is 2. The van der Waals surface area contributed by atoms with Crippen LogP contribution in [0.4, 0.5) is 38.9 Å². The van der Waals surface area contributed by atoms with Crippen LogP contribution in [-0.4, -0.2) is 125 Å². The molecule has 3 fully saturated rings. The van der Waals surface area contributed by atoms with Gasteiger partial charge in [0.25, 0.3) is 11.8 Å². The summed E-state index contributed by atoms with van der Waals surface area (Å²) in [6.07, 6.45) is 7.64. The minimum atomic E-state index is -2.84. The fraction of sp³-hybridized carbons (Fsp3) is 0.370. The van der Waals surface area contributed by atoms with E-state index in [1.807, 2.05) is 37.6 Å². The number of aromatic nitrogens is 4. The van der Waals surface area contributed by atoms with E-state index in [1.165, 1.54) is 12.1 Å². The lowest BCUT2D eigenvalue weighted by atomic mass is 9.94. The van der Waals surface area contributed by atoms with Crippen LogP contribution in [0, 0.1) is 11.7 Å². The van der Waals surface area contributed by atoms with Gasteiger partial charge >= 0.3 is 0 Å². The fourth-order valence-corrected chi connectivity index (χ4v) is 10.7. The highest BCUT2D eigenvalue weighted by molar-refractivity contribution is 9.10. The average Bonchev–Trinajstić information content (AvgIpc) is 3.84. The Hall–Kier alpha value is -6.17. The van der Waals surface area contributed by atoms with Crippen LogP contribution in [0.2, 0.25) is 0 Å². The Morgan fingerprint density at radius 3 is 2.32 bits per heavy atom. The molecule has 4 aliphatic heterocycles. The number of aryl methyl sites for hydroxylation is 1. The predicted molar refractivity (Wildman–Crippen MR) is 254 cm³/mol. The van der Waals surface area contributed by atoms with E-state index in [2.05, 4.69) is 56.7 Å². The van der Waals surface area contributed by atoms with E-state index in [0.717, 1.165) is 86.1 Å². The molecule has 4 aliphatic rings. The Morgan fingerprint density at radius 2 is 1.62 bits per heavy atom. The van der Waals surface area contributed by atoms with Crippen LogP contribution >= 0.6 is 23.1 Å². The maximum atomic E-state index is 14.2. The number of methoxy groups -OCH3 is 1. The highest BCUT2D eigenvalue weighted by Crippen LogP contribution is 2.43. The predicted octanol–water partition coefficient (Wildman–Crippen LogP) is 5.96. The largest absolute Gasteiger partial charge is 0.494 e. The van der Waals surface area contributed by atoms with Crippen LogP contribution < -0.4 is 35.8 Å². The number of imide groups is 2. The molecule has 6 heterocycles. The van der Waals surface area contributed by atoms with Crippen molar-refractivity contribution in [2.45, 2.75) is 31.7 Å². The van der Waals surface area contributed by atoms with Gasteiger partial charge in [-0.05, 0) is 96.9 Å². The molecule has 9 rings (SSSR count). The van der Waals surface area contributed by atoms with Gasteiger partial charge in [-0.15, -0.1) is 0 Å². The number of fused-ring (bicyclic) bond motifs is 1. The van der Waals surface area contributed by atoms with Crippen molar-refractivity contribution < 1.29 is 32.9 Å². The molecule has 3 aromatic carbocycles. The first-order chi connectivity index (χ1) is 31.6. The molecule has 5 aromatic rings. The maximum Gasteiger partial charge on any atom is 0.262 e. The van der Waals surface area contributed by atoms with Crippen LogP contribution in [0.3, 0.4) is 0 Å². The van der Waals surface area contributed by atoms with Crippen molar-refractivity contribution in [3.05, 3.63) is 88.5 Å². The SMILES string of the molecule is COc1cc(N2CCC(CN3CCN(c4ccc5c(c4)C(=O)N([C@@H]4CCC(=O)NC4=O)C5=O)CC3)CC2)c(-c2cnn(C)c2)cc1Nc1ncc(Br)c(Nc2ccc(F)cc2P(C)(C)=O)n1. The third kappa shape index (κ3) is 9.16. The Labute approximate surface area is 389 Å². The summed E-state index contributed by atoms with van der Waals surface area (Å²) in [6.45, 7) is 9.12. The number of ether oxygens (including phenoxy) is 1. The number of benzene rings is 3. The van der Waals surface area contributed by atoms with Gasteiger partial charge in [0.05, 0.1) is 40.3 Å². The monoisotopic (exact) mass is 981 g/mol. The van der Waals surface area contributed by atoms with Crippen molar-refractivity contribution in [2.75, 3.05) is 86.7 Å². The summed E-state index contributed by atoms with van der Waals surface area (Å²) in [5.41, 5.74) is 5.50. The van der Waals surface area contributed by atoms with Crippen molar-refractivity contribution in [3.63, 3.8) is 0 Å². The van der Waals surface area contributed by atoms with Gasteiger partial charge in [-0.3, -0.25) is 39.0 Å². The molecule has 2 aromatic heterocycles. The van der Waals surface area contributed by atoms with Crippen LogP contribution in [0.5, 0.6) is 5.75 Å². The average molecular weight is 983 g/mol. The first kappa shape index (κ1) is 45.0. The number of carbonyl (C=O) groups excluding carboxylic acids is 4. The molecule has 66 heavy (non-hydrogen) atoms. The maximum absolute atomic E-state index is 14.2. The minimum Gasteiger partial charge on any atom is -0.494 e. The summed E-state index contributed by atoms with van der Waals surface area (Å²) in [6, 6.07) is 12.5. The molecule has 1 atom stereocenters. The van der Waals surface area contributed by atoms with Crippen molar-refractivity contribution in [2.24, 2.45) is 13.0 Å². The van der Waals surface area contributed by atoms with Gasteiger partial charge in [-0.25, -0.2) is 9.37 Å². The molecule has 0 saturated carbocycles. The number of piperazine rings is 1. The Bertz CT molecular complexity index is 2800. The Morgan fingerprint density at radius 1 is 0.864 bits per heavy atom. The van der Waals surface area contributed by atoms with Gasteiger partial charge in [0.2, 0.25) is 17.8 Å².